The first-order valence-corrected chi connectivity index (χ1v) is 10.8. The SMILES string of the molecule is COc1ccccc1N1CCN(CCCCOc2cccc(Cn3ncnn3)c2)CC1. The number of anilines is 1. The number of methoxy groups -OCH3 is 1. The second-order valence-electron chi connectivity index (χ2n) is 7.67. The Balaban J connectivity index is 1.14. The van der Waals surface area contributed by atoms with E-state index in [0.29, 0.717) is 6.54 Å². The van der Waals surface area contributed by atoms with Crippen LogP contribution in [-0.2, 0) is 6.54 Å². The van der Waals surface area contributed by atoms with Gasteiger partial charge >= 0.3 is 0 Å². The van der Waals surface area contributed by atoms with Crippen LogP contribution in [0.2, 0.25) is 0 Å². The van der Waals surface area contributed by atoms with Gasteiger partial charge in [-0.05, 0) is 54.4 Å². The molecule has 0 unspecified atom stereocenters. The van der Waals surface area contributed by atoms with Crippen LogP contribution in [0.25, 0.3) is 0 Å². The van der Waals surface area contributed by atoms with Gasteiger partial charge in [0.15, 0.2) is 6.33 Å². The number of piperazine rings is 1. The Hall–Kier alpha value is -3.13. The summed E-state index contributed by atoms with van der Waals surface area (Å²) in [6.45, 7) is 6.66. The summed E-state index contributed by atoms with van der Waals surface area (Å²) in [5, 5.41) is 11.7. The molecular weight excluding hydrogens is 392 g/mol. The van der Waals surface area contributed by atoms with E-state index in [0.717, 1.165) is 69.2 Å². The quantitative estimate of drug-likeness (QED) is 0.465. The molecule has 8 nitrogen and oxygen atoms in total. The summed E-state index contributed by atoms with van der Waals surface area (Å²) in [7, 11) is 1.74. The van der Waals surface area contributed by atoms with Crippen LogP contribution in [0.1, 0.15) is 18.4 Å². The number of aromatic nitrogens is 4. The average Bonchev–Trinajstić information content (AvgIpc) is 3.32. The fraction of sp³-hybridized carbons (Fsp3) is 0.435. The van der Waals surface area contributed by atoms with Crippen molar-refractivity contribution >= 4 is 5.69 Å². The molecule has 1 aromatic heterocycles. The minimum Gasteiger partial charge on any atom is -0.495 e. The lowest BCUT2D eigenvalue weighted by Gasteiger charge is -2.36. The highest BCUT2D eigenvalue weighted by Crippen LogP contribution is 2.28. The van der Waals surface area contributed by atoms with Crippen LogP contribution in [0.3, 0.4) is 0 Å². The zero-order valence-electron chi connectivity index (χ0n) is 18.1. The van der Waals surface area contributed by atoms with E-state index in [-0.39, 0.29) is 0 Å². The van der Waals surface area contributed by atoms with E-state index < -0.39 is 0 Å². The highest BCUT2D eigenvalue weighted by Gasteiger charge is 2.19. The molecule has 164 valence electrons. The zero-order chi connectivity index (χ0) is 21.3. The third-order valence-corrected chi connectivity index (χ3v) is 5.55. The molecule has 31 heavy (non-hydrogen) atoms. The lowest BCUT2D eigenvalue weighted by Crippen LogP contribution is -2.46. The molecule has 0 aliphatic carbocycles. The summed E-state index contributed by atoms with van der Waals surface area (Å²) < 4.78 is 11.5. The van der Waals surface area contributed by atoms with E-state index in [1.165, 1.54) is 12.0 Å². The molecule has 1 saturated heterocycles. The van der Waals surface area contributed by atoms with Gasteiger partial charge in [0.2, 0.25) is 0 Å². The van der Waals surface area contributed by atoms with E-state index >= 15 is 0 Å². The van der Waals surface area contributed by atoms with Crippen molar-refractivity contribution in [2.45, 2.75) is 19.4 Å². The maximum absolute atomic E-state index is 5.95. The molecule has 1 fully saturated rings. The number of hydrogen-bond donors (Lipinski definition) is 0. The van der Waals surface area contributed by atoms with Crippen molar-refractivity contribution in [2.24, 2.45) is 0 Å². The molecule has 0 atom stereocenters. The number of rotatable bonds is 10. The molecule has 0 N–H and O–H groups in total. The van der Waals surface area contributed by atoms with Gasteiger partial charge in [-0.25, -0.2) is 0 Å². The first-order chi connectivity index (χ1) is 15.3. The average molecular weight is 423 g/mol. The van der Waals surface area contributed by atoms with Crippen molar-refractivity contribution in [3.63, 3.8) is 0 Å². The molecule has 0 saturated carbocycles. The molecule has 0 amide bonds. The standard InChI is InChI=1S/C23H30N6O2/c1-30-23-10-3-2-9-22(23)28-14-12-27(13-15-28)11-4-5-16-31-21-8-6-7-20(17-21)18-29-25-19-24-26-29/h2-3,6-10,17,19H,4-5,11-16,18H2,1H3. The molecule has 4 rings (SSSR count). The lowest BCUT2D eigenvalue weighted by molar-refractivity contribution is 0.238. The molecule has 1 aliphatic heterocycles. The number of unbranched alkanes of at least 4 members (excludes halogenated alkanes) is 1. The predicted molar refractivity (Wildman–Crippen MR) is 120 cm³/mol. The normalized spacial score (nSPS) is 14.5. The Morgan fingerprint density at radius 1 is 0.968 bits per heavy atom. The third kappa shape index (κ3) is 5.95. The minimum absolute atomic E-state index is 0.595. The topological polar surface area (TPSA) is 68.5 Å². The van der Waals surface area contributed by atoms with Crippen molar-refractivity contribution in [3.8, 4) is 11.5 Å². The second kappa shape index (κ2) is 10.8. The van der Waals surface area contributed by atoms with Crippen molar-refractivity contribution in [2.75, 3.05) is 51.3 Å². The molecule has 0 radical (unpaired) electrons. The smallest absolute Gasteiger partial charge is 0.162 e. The van der Waals surface area contributed by atoms with Crippen LogP contribution in [0, 0.1) is 0 Å². The number of ether oxygens (including phenoxy) is 2. The number of para-hydroxylation sites is 2. The molecule has 3 aromatic rings. The predicted octanol–water partition coefficient (Wildman–Crippen LogP) is 2.71. The highest BCUT2D eigenvalue weighted by molar-refractivity contribution is 5.58. The number of hydrogen-bond acceptors (Lipinski definition) is 7. The Labute approximate surface area is 183 Å². The molecule has 1 aliphatic rings. The fourth-order valence-corrected chi connectivity index (χ4v) is 3.89. The van der Waals surface area contributed by atoms with Crippen LogP contribution in [0.4, 0.5) is 5.69 Å². The van der Waals surface area contributed by atoms with Crippen LogP contribution < -0.4 is 14.4 Å². The molecule has 2 heterocycles. The van der Waals surface area contributed by atoms with Gasteiger partial charge in [-0.2, -0.15) is 4.80 Å². The number of tetrazole rings is 1. The summed E-state index contributed by atoms with van der Waals surface area (Å²) in [6.07, 6.45) is 3.62. The Morgan fingerprint density at radius 3 is 2.65 bits per heavy atom. The summed E-state index contributed by atoms with van der Waals surface area (Å²) in [5.41, 5.74) is 2.29. The molecule has 0 bridgehead atoms. The van der Waals surface area contributed by atoms with Crippen molar-refractivity contribution in [1.29, 1.82) is 0 Å². The first kappa shape index (κ1) is 21.1. The van der Waals surface area contributed by atoms with Crippen molar-refractivity contribution in [3.05, 3.63) is 60.4 Å². The van der Waals surface area contributed by atoms with Crippen LogP contribution >= 0.6 is 0 Å². The molecule has 2 aromatic carbocycles. The second-order valence-corrected chi connectivity index (χ2v) is 7.67. The van der Waals surface area contributed by atoms with E-state index in [4.69, 9.17) is 9.47 Å². The van der Waals surface area contributed by atoms with E-state index in [2.05, 4.69) is 37.3 Å². The summed E-state index contributed by atoms with van der Waals surface area (Å²) in [6, 6.07) is 16.3. The van der Waals surface area contributed by atoms with Gasteiger partial charge in [-0.3, -0.25) is 4.90 Å². The largest absolute Gasteiger partial charge is 0.495 e. The Bertz CT molecular complexity index is 925. The fourth-order valence-electron chi connectivity index (χ4n) is 3.89. The third-order valence-electron chi connectivity index (χ3n) is 5.55. The monoisotopic (exact) mass is 422 g/mol. The maximum atomic E-state index is 5.95. The molecule has 8 heteroatoms. The summed E-state index contributed by atoms with van der Waals surface area (Å²) in [5.74, 6) is 1.85. The van der Waals surface area contributed by atoms with Crippen molar-refractivity contribution < 1.29 is 9.47 Å². The van der Waals surface area contributed by atoms with E-state index in [1.807, 2.05) is 36.4 Å². The Kier molecular flexibility index (Phi) is 7.33. The minimum atomic E-state index is 0.595. The number of nitrogens with zero attached hydrogens (tertiary/aromatic N) is 6. The van der Waals surface area contributed by atoms with Crippen LogP contribution in [0.5, 0.6) is 11.5 Å². The van der Waals surface area contributed by atoms with Gasteiger partial charge in [-0.1, -0.05) is 24.3 Å². The molecule has 0 spiro atoms. The van der Waals surface area contributed by atoms with Crippen LogP contribution in [0.15, 0.2) is 54.9 Å². The van der Waals surface area contributed by atoms with Crippen molar-refractivity contribution in [1.82, 2.24) is 25.1 Å². The van der Waals surface area contributed by atoms with Gasteiger partial charge in [0.25, 0.3) is 0 Å². The highest BCUT2D eigenvalue weighted by atomic mass is 16.5. The van der Waals surface area contributed by atoms with Crippen LogP contribution in [-0.4, -0.2) is 71.5 Å². The van der Waals surface area contributed by atoms with Gasteiger partial charge in [0.05, 0.1) is 25.9 Å². The van der Waals surface area contributed by atoms with E-state index in [9.17, 15) is 0 Å². The first-order valence-electron chi connectivity index (χ1n) is 10.8. The van der Waals surface area contributed by atoms with Gasteiger partial charge in [-0.15, -0.1) is 10.2 Å². The van der Waals surface area contributed by atoms with E-state index in [1.54, 1.807) is 11.9 Å². The van der Waals surface area contributed by atoms with Gasteiger partial charge in [0, 0.05) is 26.2 Å². The van der Waals surface area contributed by atoms with Gasteiger partial charge < -0.3 is 14.4 Å². The molecular formula is C23H30N6O2. The summed E-state index contributed by atoms with van der Waals surface area (Å²) >= 11 is 0. The van der Waals surface area contributed by atoms with Gasteiger partial charge in [0.1, 0.15) is 11.5 Å². The summed E-state index contributed by atoms with van der Waals surface area (Å²) in [4.78, 5) is 6.52. The Morgan fingerprint density at radius 2 is 1.84 bits per heavy atom. The lowest BCUT2D eigenvalue weighted by atomic mass is 10.2. The maximum Gasteiger partial charge on any atom is 0.162 e. The zero-order valence-corrected chi connectivity index (χ0v) is 18.1. The number of benzene rings is 2.